The Kier molecular flexibility index (Phi) is 4.51. The van der Waals surface area contributed by atoms with E-state index in [-0.39, 0.29) is 10.6 Å². The normalized spacial score (nSPS) is 15.8. The van der Waals surface area contributed by atoms with Gasteiger partial charge in [0.15, 0.2) is 0 Å². The largest absolute Gasteiger partial charge is 0.478 e. The van der Waals surface area contributed by atoms with Gasteiger partial charge in [0.2, 0.25) is 0 Å². The van der Waals surface area contributed by atoms with Crippen molar-refractivity contribution in [3.05, 3.63) is 16.0 Å². The predicted octanol–water partition coefficient (Wildman–Crippen LogP) is 2.74. The molecule has 0 fully saturated rings. The molecule has 5 nitrogen and oxygen atoms in total. The molecule has 0 aliphatic carbocycles. The van der Waals surface area contributed by atoms with Crippen LogP contribution in [0.4, 0.5) is 5.00 Å². The Balaban J connectivity index is 2.38. The Labute approximate surface area is 134 Å². The van der Waals surface area contributed by atoms with Gasteiger partial charge in [-0.2, -0.15) is 0 Å². The van der Waals surface area contributed by atoms with Crippen LogP contribution in [0.15, 0.2) is 0 Å². The Morgan fingerprint density at radius 1 is 1.40 bits per heavy atom. The number of aromatic carboxylic acids is 1. The van der Waals surface area contributed by atoms with Crippen LogP contribution in [0.2, 0.25) is 0 Å². The van der Waals surface area contributed by atoms with Crippen molar-refractivity contribution in [2.24, 2.45) is 0 Å². The molecule has 110 valence electrons. The molecule has 1 aromatic heterocycles. The first-order chi connectivity index (χ1) is 9.20. The second-order valence-corrected chi connectivity index (χ2v) is 7.84. The highest BCUT2D eigenvalue weighted by molar-refractivity contribution is 7.17. The number of nitrogens with one attached hydrogen (secondary N) is 1. The third kappa shape index (κ3) is 3.20. The van der Waals surface area contributed by atoms with Gasteiger partial charge in [0.05, 0.1) is 5.56 Å². The molecular weight excluding hydrogens is 347 g/mol. The Hall–Kier alpha value is -0.530. The molecule has 0 saturated heterocycles. The fourth-order valence-electron chi connectivity index (χ4n) is 2.02. The first kappa shape index (κ1) is 15.9. The first-order valence-electron chi connectivity index (χ1n) is 5.64. The van der Waals surface area contributed by atoms with E-state index in [2.05, 4.69) is 10.2 Å². The lowest BCUT2D eigenvalue weighted by Gasteiger charge is -2.22. The van der Waals surface area contributed by atoms with Crippen LogP contribution in [0.5, 0.6) is 0 Å². The minimum absolute atomic E-state index is 0.0979. The van der Waals surface area contributed by atoms with Gasteiger partial charge in [-0.25, -0.2) is 4.79 Å². The van der Waals surface area contributed by atoms with Gasteiger partial charge in [-0.05, 0) is 19.0 Å². The fraction of sp³-hybridized carbons (Fsp3) is 0.455. The van der Waals surface area contributed by atoms with Gasteiger partial charge in [0.1, 0.15) is 5.00 Å². The average molecular weight is 358 g/mol. The van der Waals surface area contributed by atoms with Crippen molar-refractivity contribution < 1.29 is 14.7 Å². The number of carboxylic acid groups (broad SMARTS) is 1. The average Bonchev–Trinajstić information content (AvgIpc) is 2.64. The molecule has 9 heteroatoms. The van der Waals surface area contributed by atoms with Gasteiger partial charge >= 0.3 is 5.97 Å². The number of hydrogen-bond acceptors (Lipinski definition) is 4. The number of halogens is 3. The number of amides is 1. The second-order valence-electron chi connectivity index (χ2n) is 4.45. The molecule has 1 aliphatic rings. The molecule has 0 bridgehead atoms. The number of fused-ring (bicyclic) bond motifs is 1. The summed E-state index contributed by atoms with van der Waals surface area (Å²) in [5.41, 5.74) is 0.848. The van der Waals surface area contributed by atoms with Crippen LogP contribution in [0, 0.1) is 0 Å². The zero-order valence-electron chi connectivity index (χ0n) is 10.4. The van der Waals surface area contributed by atoms with E-state index in [0.717, 1.165) is 17.0 Å². The van der Waals surface area contributed by atoms with Crippen LogP contribution >= 0.6 is 46.1 Å². The Morgan fingerprint density at radius 3 is 2.60 bits per heavy atom. The van der Waals surface area contributed by atoms with Crippen molar-refractivity contribution in [2.45, 2.75) is 16.8 Å². The fourth-order valence-corrected chi connectivity index (χ4v) is 3.48. The van der Waals surface area contributed by atoms with Gasteiger partial charge in [0, 0.05) is 18.0 Å². The van der Waals surface area contributed by atoms with Crippen molar-refractivity contribution in [3.8, 4) is 0 Å². The van der Waals surface area contributed by atoms with E-state index in [1.165, 1.54) is 11.3 Å². The van der Waals surface area contributed by atoms with Crippen LogP contribution in [-0.4, -0.2) is 39.3 Å². The lowest BCUT2D eigenvalue weighted by Crippen LogP contribution is -2.27. The summed E-state index contributed by atoms with van der Waals surface area (Å²) in [6, 6.07) is 0. The number of rotatable bonds is 2. The quantitative estimate of drug-likeness (QED) is 0.799. The van der Waals surface area contributed by atoms with Crippen molar-refractivity contribution >= 4 is 63.0 Å². The highest BCUT2D eigenvalue weighted by Crippen LogP contribution is 2.38. The number of hydrogen-bond donors (Lipinski definition) is 2. The summed E-state index contributed by atoms with van der Waals surface area (Å²) in [6.45, 7) is 1.41. The number of carbonyl (C=O) groups is 2. The number of nitrogens with zero attached hydrogens (tertiary/aromatic N) is 1. The highest BCUT2D eigenvalue weighted by atomic mass is 35.6. The lowest BCUT2D eigenvalue weighted by atomic mass is 10.0. The van der Waals surface area contributed by atoms with Gasteiger partial charge in [-0.3, -0.25) is 4.79 Å². The van der Waals surface area contributed by atoms with E-state index in [1.54, 1.807) is 0 Å². The van der Waals surface area contributed by atoms with Gasteiger partial charge in [-0.15, -0.1) is 11.3 Å². The summed E-state index contributed by atoms with van der Waals surface area (Å²) in [5.74, 6) is -1.95. The Bertz CT molecular complexity index is 568. The van der Waals surface area contributed by atoms with Gasteiger partial charge < -0.3 is 15.3 Å². The Morgan fingerprint density at radius 2 is 2.05 bits per heavy atom. The van der Waals surface area contributed by atoms with Crippen LogP contribution in [-0.2, 0) is 17.8 Å². The molecule has 0 radical (unpaired) electrons. The van der Waals surface area contributed by atoms with Gasteiger partial charge in [-0.1, -0.05) is 34.8 Å². The molecule has 0 saturated carbocycles. The van der Waals surface area contributed by atoms with Gasteiger partial charge in [0.25, 0.3) is 9.70 Å². The molecule has 20 heavy (non-hydrogen) atoms. The highest BCUT2D eigenvalue weighted by Gasteiger charge is 2.34. The molecule has 2 rings (SSSR count). The summed E-state index contributed by atoms with van der Waals surface area (Å²) >= 11 is 17.7. The smallest absolute Gasteiger partial charge is 0.339 e. The van der Waals surface area contributed by atoms with Crippen LogP contribution in [0.1, 0.15) is 20.8 Å². The van der Waals surface area contributed by atoms with Crippen molar-refractivity contribution in [1.82, 2.24) is 4.90 Å². The first-order valence-corrected chi connectivity index (χ1v) is 7.59. The van der Waals surface area contributed by atoms with E-state index in [9.17, 15) is 14.7 Å². The summed E-state index contributed by atoms with van der Waals surface area (Å²) in [6.07, 6.45) is 0.619. The van der Waals surface area contributed by atoms with E-state index < -0.39 is 15.7 Å². The van der Waals surface area contributed by atoms with Crippen LogP contribution in [0.3, 0.4) is 0 Å². The maximum atomic E-state index is 11.7. The summed E-state index contributed by atoms with van der Waals surface area (Å²) in [5, 5.41) is 11.9. The number of carbonyl (C=O) groups excluding carboxylic acids is 1. The summed E-state index contributed by atoms with van der Waals surface area (Å²) < 4.78 is -2.13. The molecule has 2 N–H and O–H groups in total. The standard InChI is InChI=1S/C11H11Cl3N2O3S/c1-16-3-2-5-6(4-16)20-8(7(5)9(17)18)15-10(19)11(12,13)14/h2-4H2,1H3,(H,15,19)(H,17,18). The third-order valence-corrected chi connectivity index (χ3v) is 4.59. The number of likely N-dealkylation sites (N-methyl/N-ethyl adjacent to an activating group) is 1. The van der Waals surface area contributed by atoms with E-state index in [0.29, 0.717) is 13.0 Å². The third-order valence-electron chi connectivity index (χ3n) is 2.95. The van der Waals surface area contributed by atoms with Crippen LogP contribution in [0.25, 0.3) is 0 Å². The second kappa shape index (κ2) is 5.69. The van der Waals surface area contributed by atoms with E-state index in [1.807, 2.05) is 7.05 Å². The molecule has 0 aromatic carbocycles. The monoisotopic (exact) mass is 356 g/mol. The summed E-state index contributed by atoms with van der Waals surface area (Å²) in [7, 11) is 1.95. The maximum absolute atomic E-state index is 11.7. The van der Waals surface area contributed by atoms with E-state index >= 15 is 0 Å². The zero-order chi connectivity index (χ0) is 15.1. The lowest BCUT2D eigenvalue weighted by molar-refractivity contribution is -0.115. The summed E-state index contributed by atoms with van der Waals surface area (Å²) in [4.78, 5) is 26.1. The van der Waals surface area contributed by atoms with Crippen molar-refractivity contribution in [1.29, 1.82) is 0 Å². The number of carboxylic acids is 1. The minimum Gasteiger partial charge on any atom is -0.478 e. The van der Waals surface area contributed by atoms with Crippen molar-refractivity contribution in [2.75, 3.05) is 18.9 Å². The topological polar surface area (TPSA) is 69.6 Å². The van der Waals surface area contributed by atoms with Crippen molar-refractivity contribution in [3.63, 3.8) is 0 Å². The molecule has 1 amide bonds. The maximum Gasteiger partial charge on any atom is 0.339 e. The predicted molar refractivity (Wildman–Crippen MR) is 80.2 cm³/mol. The SMILES string of the molecule is CN1CCc2c(sc(NC(=O)C(Cl)(Cl)Cl)c2C(=O)O)C1. The van der Waals surface area contributed by atoms with E-state index in [4.69, 9.17) is 34.8 Å². The molecule has 0 spiro atoms. The molecule has 0 atom stereocenters. The minimum atomic E-state index is -2.13. The molecule has 2 heterocycles. The molecule has 1 aliphatic heterocycles. The molecule has 0 unspecified atom stereocenters. The number of thiophene rings is 1. The molecular formula is C11H11Cl3N2O3S. The molecule has 1 aromatic rings. The van der Waals surface area contributed by atoms with Crippen LogP contribution < -0.4 is 5.32 Å². The number of anilines is 1. The zero-order valence-corrected chi connectivity index (χ0v) is 13.5. The number of alkyl halides is 3.